The molecular weight excluding hydrogens is 186 g/mol. The van der Waals surface area contributed by atoms with Gasteiger partial charge in [0.15, 0.2) is 0 Å². The van der Waals surface area contributed by atoms with Crippen LogP contribution in [0.2, 0.25) is 0 Å². The minimum Gasteiger partial charge on any atom is -0.272 e. The number of carbonyl (C=O) groups is 1. The highest BCUT2D eigenvalue weighted by Gasteiger charge is 2.44. The van der Waals surface area contributed by atoms with Crippen molar-refractivity contribution in [2.75, 3.05) is 0 Å². The summed E-state index contributed by atoms with van der Waals surface area (Å²) in [4.78, 5) is 10.9. The average molecular weight is 195 g/mol. The van der Waals surface area contributed by atoms with Gasteiger partial charge >= 0.3 is 10.4 Å². The van der Waals surface area contributed by atoms with Crippen LogP contribution >= 0.6 is 0 Å². The van der Waals surface area contributed by atoms with Gasteiger partial charge in [-0.25, -0.2) is 0 Å². The molecule has 1 heterocycles. The van der Waals surface area contributed by atoms with Gasteiger partial charge < -0.3 is 0 Å². The minimum absolute atomic E-state index is 0.258. The van der Waals surface area contributed by atoms with E-state index >= 15 is 0 Å². The van der Waals surface area contributed by atoms with E-state index < -0.39 is 16.3 Å². The Morgan fingerprint density at radius 2 is 2.00 bits per heavy atom. The molecule has 1 rings (SSSR count). The fraction of sp³-hybridized carbons (Fsp3) is 0.800. The SMILES string of the molecule is CC1C(=O)N(OS(=O)(=O)O)C1C. The maximum absolute atomic E-state index is 10.9. The van der Waals surface area contributed by atoms with E-state index in [1.807, 2.05) is 0 Å². The predicted molar refractivity (Wildman–Crippen MR) is 38.1 cm³/mol. The molecule has 1 N–H and O–H groups in total. The van der Waals surface area contributed by atoms with Gasteiger partial charge in [-0.05, 0) is 6.92 Å². The molecule has 0 radical (unpaired) electrons. The number of hydrogen-bond acceptors (Lipinski definition) is 4. The first-order valence-electron chi connectivity index (χ1n) is 3.33. The summed E-state index contributed by atoms with van der Waals surface area (Å²) in [5.74, 6) is -0.702. The second-order valence-electron chi connectivity index (χ2n) is 2.70. The van der Waals surface area contributed by atoms with Gasteiger partial charge in [-0.2, -0.15) is 13.5 Å². The van der Waals surface area contributed by atoms with Crippen LogP contribution < -0.4 is 0 Å². The summed E-state index contributed by atoms with van der Waals surface area (Å²) in [5, 5.41) is 0.639. The Balaban J connectivity index is 2.63. The van der Waals surface area contributed by atoms with Crippen LogP contribution in [0.1, 0.15) is 13.8 Å². The molecule has 0 bridgehead atoms. The van der Waals surface area contributed by atoms with Crippen molar-refractivity contribution in [3.8, 4) is 0 Å². The molecule has 1 aliphatic rings. The van der Waals surface area contributed by atoms with Crippen LogP contribution in [-0.2, 0) is 19.5 Å². The third-order valence-electron chi connectivity index (χ3n) is 1.87. The summed E-state index contributed by atoms with van der Waals surface area (Å²) in [6.45, 7) is 3.27. The van der Waals surface area contributed by atoms with Gasteiger partial charge in [-0.3, -0.25) is 9.35 Å². The normalized spacial score (nSPS) is 30.2. The molecule has 7 heteroatoms. The van der Waals surface area contributed by atoms with Crippen molar-refractivity contribution in [3.63, 3.8) is 0 Å². The number of nitrogens with zero attached hydrogens (tertiary/aromatic N) is 1. The maximum atomic E-state index is 10.9. The number of rotatable bonds is 2. The molecule has 0 aliphatic carbocycles. The highest BCUT2D eigenvalue weighted by atomic mass is 32.3. The molecule has 6 nitrogen and oxygen atoms in total. The number of carbonyl (C=O) groups excluding carboxylic acids is 1. The minimum atomic E-state index is -4.57. The van der Waals surface area contributed by atoms with E-state index in [-0.39, 0.29) is 12.0 Å². The summed E-state index contributed by atoms with van der Waals surface area (Å²) >= 11 is 0. The molecule has 2 unspecified atom stereocenters. The lowest BCUT2D eigenvalue weighted by Crippen LogP contribution is -2.58. The average Bonchev–Trinajstić information content (AvgIpc) is 1.96. The van der Waals surface area contributed by atoms with Crippen molar-refractivity contribution in [3.05, 3.63) is 0 Å². The monoisotopic (exact) mass is 195 g/mol. The van der Waals surface area contributed by atoms with Crippen LogP contribution in [-0.4, -0.2) is 30.0 Å². The van der Waals surface area contributed by atoms with Crippen LogP contribution in [0.3, 0.4) is 0 Å². The molecule has 1 saturated heterocycles. The van der Waals surface area contributed by atoms with E-state index in [0.29, 0.717) is 5.06 Å². The standard InChI is InChI=1S/C5H9NO5S/c1-3-4(2)6(5(3)7)11-12(8,9)10/h3-4H,1-2H3,(H,8,9,10). The van der Waals surface area contributed by atoms with Crippen molar-refractivity contribution in [1.29, 1.82) is 0 Å². The summed E-state index contributed by atoms with van der Waals surface area (Å²) in [5.41, 5.74) is 0. The molecular formula is C5H9NO5S. The number of β-lactam (4-membered cyclic amide) rings is 1. The molecule has 0 aromatic rings. The van der Waals surface area contributed by atoms with Crippen molar-refractivity contribution in [2.24, 2.45) is 5.92 Å². The third kappa shape index (κ3) is 1.57. The number of hydrogen-bond donors (Lipinski definition) is 1. The first-order valence-corrected chi connectivity index (χ1v) is 4.69. The zero-order valence-corrected chi connectivity index (χ0v) is 7.41. The molecule has 1 aliphatic heterocycles. The van der Waals surface area contributed by atoms with Gasteiger partial charge in [0.1, 0.15) is 0 Å². The highest BCUT2D eigenvalue weighted by molar-refractivity contribution is 7.80. The molecule has 0 aromatic heterocycles. The van der Waals surface area contributed by atoms with Gasteiger partial charge in [-0.15, -0.1) is 4.28 Å². The van der Waals surface area contributed by atoms with Gasteiger partial charge in [0.05, 0.1) is 12.0 Å². The Labute approximate surface area is 70.0 Å². The third-order valence-corrected chi connectivity index (χ3v) is 2.22. The van der Waals surface area contributed by atoms with E-state index in [1.54, 1.807) is 13.8 Å². The molecule has 1 amide bonds. The van der Waals surface area contributed by atoms with Gasteiger partial charge in [0.2, 0.25) is 0 Å². The number of amides is 1. The summed E-state index contributed by atoms with van der Waals surface area (Å²) in [6, 6.07) is -0.320. The largest absolute Gasteiger partial charge is 0.418 e. The number of hydroxylamine groups is 2. The van der Waals surface area contributed by atoms with Crippen LogP contribution in [0.5, 0.6) is 0 Å². The molecule has 12 heavy (non-hydrogen) atoms. The van der Waals surface area contributed by atoms with Crippen LogP contribution in [0.4, 0.5) is 0 Å². The van der Waals surface area contributed by atoms with Gasteiger partial charge in [0.25, 0.3) is 5.91 Å². The van der Waals surface area contributed by atoms with Gasteiger partial charge in [0, 0.05) is 0 Å². The second-order valence-corrected chi connectivity index (χ2v) is 3.70. The van der Waals surface area contributed by atoms with Crippen molar-refractivity contribution < 1.29 is 22.0 Å². The molecule has 0 saturated carbocycles. The Hall–Kier alpha value is -0.660. The Morgan fingerprint density at radius 3 is 2.33 bits per heavy atom. The Kier molecular flexibility index (Phi) is 2.11. The van der Waals surface area contributed by atoms with E-state index in [2.05, 4.69) is 4.28 Å². The van der Waals surface area contributed by atoms with E-state index in [0.717, 1.165) is 0 Å². The smallest absolute Gasteiger partial charge is 0.272 e. The first kappa shape index (κ1) is 9.43. The fourth-order valence-corrected chi connectivity index (χ4v) is 1.35. The topological polar surface area (TPSA) is 83.9 Å². The van der Waals surface area contributed by atoms with Crippen molar-refractivity contribution >= 4 is 16.3 Å². The highest BCUT2D eigenvalue weighted by Crippen LogP contribution is 2.26. The van der Waals surface area contributed by atoms with E-state index in [1.165, 1.54) is 0 Å². The lowest BCUT2D eigenvalue weighted by atomic mass is 9.94. The Morgan fingerprint density at radius 1 is 1.50 bits per heavy atom. The second kappa shape index (κ2) is 2.68. The molecule has 0 spiro atoms. The van der Waals surface area contributed by atoms with E-state index in [9.17, 15) is 13.2 Å². The zero-order chi connectivity index (χ0) is 9.52. The summed E-state index contributed by atoms with van der Waals surface area (Å²) < 4.78 is 32.6. The quantitative estimate of drug-likeness (QED) is 0.478. The zero-order valence-electron chi connectivity index (χ0n) is 6.59. The lowest BCUT2D eigenvalue weighted by Gasteiger charge is -2.40. The van der Waals surface area contributed by atoms with Crippen LogP contribution in [0, 0.1) is 5.92 Å². The fourth-order valence-electron chi connectivity index (χ4n) is 0.935. The molecule has 1 fully saturated rings. The van der Waals surface area contributed by atoms with E-state index in [4.69, 9.17) is 4.55 Å². The predicted octanol–water partition coefficient (Wildman–Crippen LogP) is -0.412. The van der Waals surface area contributed by atoms with Crippen LogP contribution in [0.15, 0.2) is 0 Å². The lowest BCUT2D eigenvalue weighted by molar-refractivity contribution is -0.201. The summed E-state index contributed by atoms with van der Waals surface area (Å²) in [6.07, 6.45) is 0. The van der Waals surface area contributed by atoms with Gasteiger partial charge in [-0.1, -0.05) is 6.92 Å². The summed E-state index contributed by atoms with van der Waals surface area (Å²) in [7, 11) is -4.57. The van der Waals surface area contributed by atoms with Crippen molar-refractivity contribution in [1.82, 2.24) is 5.06 Å². The molecule has 70 valence electrons. The maximum Gasteiger partial charge on any atom is 0.418 e. The van der Waals surface area contributed by atoms with Crippen LogP contribution in [0.25, 0.3) is 0 Å². The molecule has 0 aromatic carbocycles. The molecule has 2 atom stereocenters. The van der Waals surface area contributed by atoms with Crippen molar-refractivity contribution in [2.45, 2.75) is 19.9 Å². The Bertz CT molecular complexity index is 297. The first-order chi connectivity index (χ1) is 5.33.